The molecule has 0 bridgehead atoms. The second kappa shape index (κ2) is 6.29. The van der Waals surface area contributed by atoms with Gasteiger partial charge in [0, 0.05) is 12.1 Å². The first kappa shape index (κ1) is 16.8. The van der Waals surface area contributed by atoms with E-state index >= 15 is 0 Å². The van der Waals surface area contributed by atoms with Gasteiger partial charge >= 0.3 is 5.97 Å². The molecule has 0 aliphatic carbocycles. The number of sulfonamides is 1. The van der Waals surface area contributed by atoms with Crippen molar-refractivity contribution in [3.8, 4) is 0 Å². The Kier molecular flexibility index (Phi) is 4.60. The Labute approximate surface area is 129 Å². The molecule has 0 amide bonds. The second-order valence-corrected chi connectivity index (χ2v) is 6.00. The fourth-order valence-electron chi connectivity index (χ4n) is 1.80. The van der Waals surface area contributed by atoms with Gasteiger partial charge in [0.2, 0.25) is 0 Å². The molecule has 2 aromatic carbocycles. The van der Waals surface area contributed by atoms with Gasteiger partial charge in [0.25, 0.3) is 10.0 Å². The molecule has 0 fully saturated rings. The molecule has 0 saturated carbocycles. The average Bonchev–Trinajstić information content (AvgIpc) is 2.51. The van der Waals surface area contributed by atoms with Crippen molar-refractivity contribution in [3.63, 3.8) is 0 Å². The summed E-state index contributed by atoms with van der Waals surface area (Å²) in [7, 11) is -3.28. The number of nitrogens with one attached hydrogen (secondary N) is 1. The van der Waals surface area contributed by atoms with Crippen molar-refractivity contribution in [2.24, 2.45) is 0 Å². The maximum Gasteiger partial charge on any atom is 0.339 e. The van der Waals surface area contributed by atoms with Crippen LogP contribution in [0.5, 0.6) is 0 Å². The number of methoxy groups -OCH3 is 1. The number of ether oxygens (including phenoxy) is 1. The van der Waals surface area contributed by atoms with Gasteiger partial charge in [-0.05, 0) is 12.1 Å². The van der Waals surface area contributed by atoms with Crippen LogP contribution >= 0.6 is 0 Å². The standard InChI is InChI=1S/C14H10F3NO4S/c1-22-14(19)9-4-2-3-5-12(9)23(20,21)18-8-6-10(15)13(17)11(16)7-8/h2-7,18H,1H3. The molecule has 0 unspecified atom stereocenters. The number of esters is 1. The topological polar surface area (TPSA) is 72.5 Å². The van der Waals surface area contributed by atoms with E-state index in [0.717, 1.165) is 13.2 Å². The van der Waals surface area contributed by atoms with Crippen LogP contribution in [0, 0.1) is 17.5 Å². The Hall–Kier alpha value is -2.55. The molecule has 0 heterocycles. The molecule has 2 aromatic rings. The normalized spacial score (nSPS) is 11.1. The summed E-state index contributed by atoms with van der Waals surface area (Å²) in [6.07, 6.45) is 0. The predicted octanol–water partition coefficient (Wildman–Crippen LogP) is 2.69. The SMILES string of the molecule is COC(=O)c1ccccc1S(=O)(=O)Nc1cc(F)c(F)c(F)c1. The zero-order chi connectivity index (χ0) is 17.2. The molecule has 1 N–H and O–H groups in total. The van der Waals surface area contributed by atoms with Crippen molar-refractivity contribution >= 4 is 21.7 Å². The van der Waals surface area contributed by atoms with E-state index in [1.807, 2.05) is 4.72 Å². The number of carbonyl (C=O) groups is 1. The highest BCUT2D eigenvalue weighted by molar-refractivity contribution is 7.92. The average molecular weight is 345 g/mol. The number of carbonyl (C=O) groups excluding carboxylic acids is 1. The fourth-order valence-corrected chi connectivity index (χ4v) is 3.04. The zero-order valence-electron chi connectivity index (χ0n) is 11.6. The summed E-state index contributed by atoms with van der Waals surface area (Å²) in [5.74, 6) is -5.72. The van der Waals surface area contributed by atoms with E-state index in [1.54, 1.807) is 0 Å². The molecule has 2 rings (SSSR count). The third-order valence-corrected chi connectivity index (χ3v) is 4.26. The molecule has 5 nitrogen and oxygen atoms in total. The van der Waals surface area contributed by atoms with Gasteiger partial charge in [0.15, 0.2) is 17.5 Å². The van der Waals surface area contributed by atoms with Crippen LogP contribution in [0.25, 0.3) is 0 Å². The van der Waals surface area contributed by atoms with E-state index in [1.165, 1.54) is 18.2 Å². The summed E-state index contributed by atoms with van der Waals surface area (Å²) in [4.78, 5) is 11.2. The van der Waals surface area contributed by atoms with Crippen LogP contribution in [-0.2, 0) is 14.8 Å². The molecule has 0 aromatic heterocycles. The summed E-state index contributed by atoms with van der Waals surface area (Å²) in [5.41, 5.74) is -0.786. The van der Waals surface area contributed by atoms with Gasteiger partial charge in [-0.1, -0.05) is 12.1 Å². The van der Waals surface area contributed by atoms with Gasteiger partial charge in [0.1, 0.15) is 4.90 Å². The van der Waals surface area contributed by atoms with Gasteiger partial charge in [-0.2, -0.15) is 0 Å². The Morgan fingerprint density at radius 3 is 2.22 bits per heavy atom. The molecule has 0 radical (unpaired) electrons. The van der Waals surface area contributed by atoms with E-state index in [2.05, 4.69) is 4.74 Å². The third kappa shape index (κ3) is 3.45. The first-order valence-electron chi connectivity index (χ1n) is 6.11. The Morgan fingerprint density at radius 1 is 1.09 bits per heavy atom. The summed E-state index contributed by atoms with van der Waals surface area (Å²) >= 11 is 0. The highest BCUT2D eigenvalue weighted by atomic mass is 32.2. The lowest BCUT2D eigenvalue weighted by atomic mass is 10.2. The lowest BCUT2D eigenvalue weighted by Crippen LogP contribution is -2.18. The lowest BCUT2D eigenvalue weighted by Gasteiger charge is -2.11. The minimum absolute atomic E-state index is 0.259. The van der Waals surface area contributed by atoms with Crippen LogP contribution in [-0.4, -0.2) is 21.5 Å². The van der Waals surface area contributed by atoms with E-state index in [4.69, 9.17) is 0 Å². The van der Waals surface area contributed by atoms with E-state index < -0.39 is 44.0 Å². The molecule has 122 valence electrons. The maximum absolute atomic E-state index is 13.2. The summed E-state index contributed by atoms with van der Waals surface area (Å²) in [6.45, 7) is 0. The quantitative estimate of drug-likeness (QED) is 0.683. The molecule has 9 heteroatoms. The first-order chi connectivity index (χ1) is 10.8. The highest BCUT2D eigenvalue weighted by Gasteiger charge is 2.23. The highest BCUT2D eigenvalue weighted by Crippen LogP contribution is 2.23. The Morgan fingerprint density at radius 2 is 1.65 bits per heavy atom. The monoisotopic (exact) mass is 345 g/mol. The Balaban J connectivity index is 2.47. The van der Waals surface area contributed by atoms with Crippen molar-refractivity contribution in [2.75, 3.05) is 11.8 Å². The number of halogens is 3. The fraction of sp³-hybridized carbons (Fsp3) is 0.0714. The molecule has 0 atom stereocenters. The number of benzene rings is 2. The van der Waals surface area contributed by atoms with E-state index in [0.29, 0.717) is 12.1 Å². The molecule has 0 aliphatic heterocycles. The van der Waals surface area contributed by atoms with Gasteiger partial charge in [-0.25, -0.2) is 26.4 Å². The number of hydrogen-bond acceptors (Lipinski definition) is 4. The van der Waals surface area contributed by atoms with Gasteiger partial charge in [0.05, 0.1) is 18.4 Å². The van der Waals surface area contributed by atoms with Crippen LogP contribution in [0.15, 0.2) is 41.3 Å². The minimum atomic E-state index is -4.35. The van der Waals surface area contributed by atoms with Crippen molar-refractivity contribution in [3.05, 3.63) is 59.4 Å². The zero-order valence-corrected chi connectivity index (χ0v) is 12.5. The van der Waals surface area contributed by atoms with Gasteiger partial charge < -0.3 is 4.74 Å². The number of anilines is 1. The minimum Gasteiger partial charge on any atom is -0.465 e. The predicted molar refractivity (Wildman–Crippen MR) is 74.9 cm³/mol. The lowest BCUT2D eigenvalue weighted by molar-refractivity contribution is 0.0596. The van der Waals surface area contributed by atoms with Crippen molar-refractivity contribution in [1.82, 2.24) is 0 Å². The van der Waals surface area contributed by atoms with Crippen LogP contribution in [0.2, 0.25) is 0 Å². The molecule has 0 aliphatic rings. The summed E-state index contributed by atoms with van der Waals surface area (Å²) in [6, 6.07) is 6.07. The smallest absolute Gasteiger partial charge is 0.339 e. The molecule has 23 heavy (non-hydrogen) atoms. The van der Waals surface area contributed by atoms with Gasteiger partial charge in [-0.3, -0.25) is 4.72 Å². The van der Waals surface area contributed by atoms with Crippen molar-refractivity contribution in [1.29, 1.82) is 0 Å². The largest absolute Gasteiger partial charge is 0.465 e. The third-order valence-electron chi connectivity index (χ3n) is 2.82. The van der Waals surface area contributed by atoms with Crippen molar-refractivity contribution in [2.45, 2.75) is 4.90 Å². The summed E-state index contributed by atoms with van der Waals surface area (Å²) < 4.78 is 70.1. The van der Waals surface area contributed by atoms with Crippen LogP contribution in [0.4, 0.5) is 18.9 Å². The molecular weight excluding hydrogens is 335 g/mol. The number of hydrogen-bond donors (Lipinski definition) is 1. The van der Waals surface area contributed by atoms with Gasteiger partial charge in [-0.15, -0.1) is 0 Å². The van der Waals surface area contributed by atoms with Crippen molar-refractivity contribution < 1.29 is 31.1 Å². The second-order valence-electron chi connectivity index (χ2n) is 4.35. The molecule has 0 saturated heterocycles. The first-order valence-corrected chi connectivity index (χ1v) is 7.59. The molecular formula is C14H10F3NO4S. The van der Waals surface area contributed by atoms with Crippen LogP contribution in [0.1, 0.15) is 10.4 Å². The number of rotatable bonds is 4. The molecule has 0 spiro atoms. The van der Waals surface area contributed by atoms with Crippen LogP contribution < -0.4 is 4.72 Å². The Bertz CT molecular complexity index is 845. The van der Waals surface area contributed by atoms with E-state index in [-0.39, 0.29) is 5.56 Å². The van der Waals surface area contributed by atoms with Crippen LogP contribution in [0.3, 0.4) is 0 Å². The van der Waals surface area contributed by atoms with E-state index in [9.17, 15) is 26.4 Å². The maximum atomic E-state index is 13.2. The summed E-state index contributed by atoms with van der Waals surface area (Å²) in [5, 5.41) is 0.